The van der Waals surface area contributed by atoms with Crippen LogP contribution < -0.4 is 9.80 Å². The van der Waals surface area contributed by atoms with E-state index in [-0.39, 0.29) is 18.5 Å². The topological polar surface area (TPSA) is 46.9 Å². The molecule has 1 heterocycles. The first kappa shape index (κ1) is 16.7. The molecule has 0 amide bonds. The van der Waals surface area contributed by atoms with Gasteiger partial charge in [0.1, 0.15) is 11.9 Å². The summed E-state index contributed by atoms with van der Waals surface area (Å²) in [5.41, 5.74) is 2.14. The van der Waals surface area contributed by atoms with Gasteiger partial charge in [-0.3, -0.25) is 0 Å². The molecule has 1 aliphatic heterocycles. The van der Waals surface area contributed by atoms with Crippen molar-refractivity contribution < 1.29 is 14.6 Å². The number of aliphatic hydroxyl groups is 2. The second-order valence-corrected chi connectivity index (χ2v) is 6.39. The third kappa shape index (κ3) is 2.85. The van der Waals surface area contributed by atoms with E-state index in [1.165, 1.54) is 6.07 Å². The summed E-state index contributed by atoms with van der Waals surface area (Å²) in [4.78, 5) is 3.94. The van der Waals surface area contributed by atoms with E-state index >= 15 is 0 Å². The molecule has 128 valence electrons. The fourth-order valence-corrected chi connectivity index (χ4v) is 3.36. The highest BCUT2D eigenvalue weighted by atomic mass is 19.1. The van der Waals surface area contributed by atoms with Crippen molar-refractivity contribution in [1.82, 2.24) is 0 Å². The van der Waals surface area contributed by atoms with Gasteiger partial charge in [0.25, 0.3) is 0 Å². The van der Waals surface area contributed by atoms with Gasteiger partial charge in [-0.15, -0.1) is 0 Å². The summed E-state index contributed by atoms with van der Waals surface area (Å²) >= 11 is 0. The van der Waals surface area contributed by atoms with E-state index in [2.05, 4.69) is 18.7 Å². The van der Waals surface area contributed by atoms with Crippen LogP contribution >= 0.6 is 0 Å². The lowest BCUT2D eigenvalue weighted by atomic mass is 9.99. The molecule has 0 aromatic heterocycles. The Bertz CT molecular complexity index is 693. The smallest absolute Gasteiger partial charge is 0.148 e. The van der Waals surface area contributed by atoms with Gasteiger partial charge in [-0.1, -0.05) is 36.4 Å². The van der Waals surface area contributed by atoms with Gasteiger partial charge in [-0.05, 0) is 31.5 Å². The highest BCUT2D eigenvalue weighted by Gasteiger charge is 2.37. The Morgan fingerprint density at radius 3 is 2.38 bits per heavy atom. The van der Waals surface area contributed by atoms with Crippen molar-refractivity contribution in [2.24, 2.45) is 0 Å². The first-order valence-electron chi connectivity index (χ1n) is 8.20. The number of aliphatic hydroxyl groups excluding tert-OH is 2. The summed E-state index contributed by atoms with van der Waals surface area (Å²) in [5.74, 6) is -0.318. The zero-order valence-corrected chi connectivity index (χ0v) is 13.9. The minimum Gasteiger partial charge on any atom is -0.394 e. The molecule has 0 aliphatic carbocycles. The molecular formula is C19H23FN2O2. The Balaban J connectivity index is 2.10. The van der Waals surface area contributed by atoms with Crippen molar-refractivity contribution in [3.05, 3.63) is 59.9 Å². The lowest BCUT2D eigenvalue weighted by Crippen LogP contribution is -2.42. The predicted molar refractivity (Wildman–Crippen MR) is 93.6 cm³/mol. The van der Waals surface area contributed by atoms with Gasteiger partial charge in [-0.2, -0.15) is 0 Å². The van der Waals surface area contributed by atoms with Gasteiger partial charge < -0.3 is 20.0 Å². The minimum absolute atomic E-state index is 0.193. The summed E-state index contributed by atoms with van der Waals surface area (Å²) in [6, 6.07) is 14.1. The molecular weight excluding hydrogens is 307 g/mol. The molecule has 2 atom stereocenters. The van der Waals surface area contributed by atoms with E-state index < -0.39 is 12.1 Å². The number of anilines is 2. The highest BCUT2D eigenvalue weighted by molar-refractivity contribution is 5.78. The van der Waals surface area contributed by atoms with Gasteiger partial charge in [0.05, 0.1) is 30.7 Å². The standard InChI is InChI=1S/C19H23FN2O2/c1-13(2)21-12-22(19-15(20)9-6-10-16(19)21)18(17(24)11-23)14-7-4-3-5-8-14/h3-10,13,17-18,23-24H,11-12H2,1-2H3/t17-,18+/m1/s1. The van der Waals surface area contributed by atoms with Crippen LogP contribution in [0.4, 0.5) is 15.8 Å². The molecule has 0 saturated carbocycles. The van der Waals surface area contributed by atoms with Crippen LogP contribution in [-0.4, -0.2) is 35.6 Å². The van der Waals surface area contributed by atoms with Crippen molar-refractivity contribution in [3.63, 3.8) is 0 Å². The maximum Gasteiger partial charge on any atom is 0.148 e. The van der Waals surface area contributed by atoms with Crippen LogP contribution in [0.25, 0.3) is 0 Å². The van der Waals surface area contributed by atoms with Crippen molar-refractivity contribution in [3.8, 4) is 0 Å². The average Bonchev–Trinajstić information content (AvgIpc) is 2.97. The largest absolute Gasteiger partial charge is 0.394 e. The molecule has 2 aromatic carbocycles. The molecule has 5 heteroatoms. The number of benzene rings is 2. The molecule has 3 rings (SSSR count). The van der Waals surface area contributed by atoms with E-state index in [1.54, 1.807) is 6.07 Å². The van der Waals surface area contributed by atoms with Crippen LogP contribution in [0.1, 0.15) is 25.5 Å². The zero-order valence-electron chi connectivity index (χ0n) is 13.9. The van der Waals surface area contributed by atoms with Crippen LogP contribution in [-0.2, 0) is 0 Å². The second-order valence-electron chi connectivity index (χ2n) is 6.39. The quantitative estimate of drug-likeness (QED) is 0.885. The van der Waals surface area contributed by atoms with Crippen LogP contribution in [0.5, 0.6) is 0 Å². The Labute approximate surface area is 141 Å². The molecule has 0 bridgehead atoms. The second kappa shape index (κ2) is 6.79. The molecule has 0 saturated heterocycles. The Morgan fingerprint density at radius 2 is 1.75 bits per heavy atom. The first-order chi connectivity index (χ1) is 11.5. The number of para-hydroxylation sites is 1. The predicted octanol–water partition coefficient (Wildman–Crippen LogP) is 2.91. The van der Waals surface area contributed by atoms with E-state index in [4.69, 9.17) is 0 Å². The third-order valence-electron chi connectivity index (χ3n) is 4.52. The van der Waals surface area contributed by atoms with Crippen LogP contribution in [0, 0.1) is 5.82 Å². The van der Waals surface area contributed by atoms with Gasteiger partial charge in [0, 0.05) is 6.04 Å². The summed E-state index contributed by atoms with van der Waals surface area (Å²) in [6.45, 7) is 4.18. The molecule has 0 fully saturated rings. The Morgan fingerprint density at radius 1 is 1.04 bits per heavy atom. The van der Waals surface area contributed by atoms with Crippen LogP contribution in [0.3, 0.4) is 0 Å². The molecule has 2 aromatic rings. The number of hydrogen-bond acceptors (Lipinski definition) is 4. The number of halogens is 1. The molecule has 0 spiro atoms. The number of rotatable bonds is 5. The molecule has 4 nitrogen and oxygen atoms in total. The van der Waals surface area contributed by atoms with Gasteiger partial charge in [0.15, 0.2) is 0 Å². The molecule has 24 heavy (non-hydrogen) atoms. The number of fused-ring (bicyclic) bond motifs is 1. The van der Waals surface area contributed by atoms with E-state index in [9.17, 15) is 14.6 Å². The molecule has 2 N–H and O–H groups in total. The highest BCUT2D eigenvalue weighted by Crippen LogP contribution is 2.44. The Kier molecular flexibility index (Phi) is 4.73. The summed E-state index contributed by atoms with van der Waals surface area (Å²) in [5, 5.41) is 20.0. The van der Waals surface area contributed by atoms with Crippen LogP contribution in [0.15, 0.2) is 48.5 Å². The molecule has 0 radical (unpaired) electrons. The normalized spacial score (nSPS) is 16.4. The monoisotopic (exact) mass is 330 g/mol. The lowest BCUT2D eigenvalue weighted by Gasteiger charge is -2.34. The lowest BCUT2D eigenvalue weighted by molar-refractivity contribution is 0.0714. The summed E-state index contributed by atoms with van der Waals surface area (Å²) < 4.78 is 14.6. The number of nitrogens with zero attached hydrogens (tertiary/aromatic N) is 2. The van der Waals surface area contributed by atoms with Crippen molar-refractivity contribution in [1.29, 1.82) is 0 Å². The van der Waals surface area contributed by atoms with E-state index in [0.717, 1.165) is 11.3 Å². The van der Waals surface area contributed by atoms with Gasteiger partial charge in [0.2, 0.25) is 0 Å². The zero-order chi connectivity index (χ0) is 17.3. The van der Waals surface area contributed by atoms with E-state index in [0.29, 0.717) is 12.4 Å². The summed E-state index contributed by atoms with van der Waals surface area (Å²) in [6.07, 6.45) is -1.01. The first-order valence-corrected chi connectivity index (χ1v) is 8.20. The average molecular weight is 330 g/mol. The Hall–Kier alpha value is -2.11. The van der Waals surface area contributed by atoms with Crippen LogP contribution in [0.2, 0.25) is 0 Å². The SMILES string of the molecule is CC(C)N1CN([C@@H](c2ccccc2)[C@H](O)CO)c2c(F)cccc21. The fraction of sp³-hybridized carbons (Fsp3) is 0.368. The van der Waals surface area contributed by atoms with Crippen molar-refractivity contribution in [2.75, 3.05) is 23.1 Å². The van der Waals surface area contributed by atoms with Gasteiger partial charge >= 0.3 is 0 Å². The molecule has 1 aliphatic rings. The third-order valence-corrected chi connectivity index (χ3v) is 4.52. The van der Waals surface area contributed by atoms with Gasteiger partial charge in [-0.25, -0.2) is 4.39 Å². The summed E-state index contributed by atoms with van der Waals surface area (Å²) in [7, 11) is 0. The fourth-order valence-electron chi connectivity index (χ4n) is 3.36. The van der Waals surface area contributed by atoms with E-state index in [1.807, 2.05) is 41.3 Å². The maximum absolute atomic E-state index is 14.6. The number of hydrogen-bond donors (Lipinski definition) is 2. The minimum atomic E-state index is -1.01. The molecule has 0 unspecified atom stereocenters. The maximum atomic E-state index is 14.6. The van der Waals surface area contributed by atoms with Crippen molar-refractivity contribution >= 4 is 11.4 Å². The van der Waals surface area contributed by atoms with Crippen molar-refractivity contribution in [2.45, 2.75) is 32.0 Å².